The summed E-state index contributed by atoms with van der Waals surface area (Å²) in [5.74, 6) is 0. The van der Waals surface area contributed by atoms with Crippen LogP contribution in [0.1, 0.15) is 6.92 Å². The van der Waals surface area contributed by atoms with Gasteiger partial charge in [-0.1, -0.05) is 12.7 Å². The summed E-state index contributed by atoms with van der Waals surface area (Å²) in [4.78, 5) is 3.82. The summed E-state index contributed by atoms with van der Waals surface area (Å²) in [7, 11) is 0. The lowest BCUT2D eigenvalue weighted by molar-refractivity contribution is 1.59. The molecule has 0 fully saturated rings. The average Bonchev–Trinajstić information content (AvgIpc) is 1.66. The molecule has 0 bridgehead atoms. The van der Waals surface area contributed by atoms with Crippen LogP contribution in [-0.2, 0) is 0 Å². The fraction of sp³-hybridized carbons (Fsp3) is 0.167. The van der Waals surface area contributed by atoms with Gasteiger partial charge in [-0.25, -0.2) is 0 Å². The Labute approximate surface area is 57.9 Å². The minimum absolute atomic E-state index is 0.649. The number of halogens is 1. The first kappa shape index (κ1) is 7.63. The molecule has 0 aromatic carbocycles. The third kappa shape index (κ3) is 5.63. The number of rotatable bonds is 2. The summed E-state index contributed by atoms with van der Waals surface area (Å²) < 4.78 is 0.649. The summed E-state index contributed by atoms with van der Waals surface area (Å²) in [6, 6.07) is 0. The van der Waals surface area contributed by atoms with Crippen LogP contribution in [-0.4, -0.2) is 6.21 Å². The minimum atomic E-state index is 0.649. The molecule has 2 heteroatoms. The molecule has 0 aliphatic carbocycles. The highest BCUT2D eigenvalue weighted by molar-refractivity contribution is 9.11. The van der Waals surface area contributed by atoms with E-state index in [9.17, 15) is 0 Å². The summed E-state index contributed by atoms with van der Waals surface area (Å²) in [5.41, 5.74) is 0. The number of hydrogen-bond donors (Lipinski definition) is 0. The molecule has 0 aromatic heterocycles. The Bertz CT molecular complexity index is 124. The van der Waals surface area contributed by atoms with Crippen molar-refractivity contribution in [1.82, 2.24) is 0 Å². The third-order valence-electron chi connectivity index (χ3n) is 0.493. The van der Waals surface area contributed by atoms with Crippen molar-refractivity contribution in [2.75, 3.05) is 0 Å². The molecule has 0 aromatic rings. The van der Waals surface area contributed by atoms with Crippen LogP contribution in [0.15, 0.2) is 28.3 Å². The van der Waals surface area contributed by atoms with Crippen molar-refractivity contribution < 1.29 is 0 Å². The second-order valence-electron chi connectivity index (χ2n) is 1.18. The second kappa shape index (κ2) is 4.78. The number of nitrogens with zero attached hydrogens (tertiary/aromatic N) is 1. The van der Waals surface area contributed by atoms with Gasteiger partial charge in [-0.3, -0.25) is 4.99 Å². The van der Waals surface area contributed by atoms with Gasteiger partial charge in [0.25, 0.3) is 0 Å². The smallest absolute Gasteiger partial charge is 0.0984 e. The lowest BCUT2D eigenvalue weighted by Crippen LogP contribution is -1.61. The highest BCUT2D eigenvalue weighted by Gasteiger charge is 1.69. The fourth-order valence-corrected chi connectivity index (χ4v) is 0.328. The van der Waals surface area contributed by atoms with E-state index in [-0.39, 0.29) is 0 Å². The molecule has 0 aliphatic heterocycles. The van der Waals surface area contributed by atoms with Gasteiger partial charge >= 0.3 is 0 Å². The van der Waals surface area contributed by atoms with Crippen molar-refractivity contribution in [2.45, 2.75) is 6.92 Å². The van der Waals surface area contributed by atoms with Gasteiger partial charge in [0, 0.05) is 6.21 Å². The van der Waals surface area contributed by atoms with Gasteiger partial charge in [0.2, 0.25) is 0 Å². The highest BCUT2D eigenvalue weighted by atomic mass is 79.9. The van der Waals surface area contributed by atoms with Gasteiger partial charge in [0.15, 0.2) is 0 Å². The van der Waals surface area contributed by atoms with Gasteiger partial charge < -0.3 is 0 Å². The normalized spacial score (nSPS) is 11.2. The first-order valence-corrected chi connectivity index (χ1v) is 3.06. The Morgan fingerprint density at radius 3 is 2.75 bits per heavy atom. The van der Waals surface area contributed by atoms with Crippen molar-refractivity contribution in [3.05, 3.63) is 23.3 Å². The van der Waals surface area contributed by atoms with Crippen molar-refractivity contribution in [2.24, 2.45) is 4.99 Å². The molecule has 0 unspecified atom stereocenters. The topological polar surface area (TPSA) is 12.4 Å². The molecular weight excluding hydrogens is 166 g/mol. The van der Waals surface area contributed by atoms with E-state index in [0.717, 1.165) is 0 Å². The zero-order chi connectivity index (χ0) is 6.41. The molecule has 0 aliphatic rings. The first-order chi connectivity index (χ1) is 3.77. The molecule has 0 saturated carbocycles. The Balaban J connectivity index is 3.50. The second-order valence-corrected chi connectivity index (χ2v) is 2.10. The monoisotopic (exact) mass is 173 g/mol. The molecule has 1 nitrogen and oxygen atoms in total. The average molecular weight is 174 g/mol. The van der Waals surface area contributed by atoms with Crippen LogP contribution in [0.25, 0.3) is 0 Å². The van der Waals surface area contributed by atoms with E-state index in [0.29, 0.717) is 4.61 Å². The zero-order valence-corrected chi connectivity index (χ0v) is 6.35. The van der Waals surface area contributed by atoms with E-state index in [1.165, 1.54) is 0 Å². The van der Waals surface area contributed by atoms with Crippen LogP contribution in [0.3, 0.4) is 0 Å². The first-order valence-electron chi connectivity index (χ1n) is 2.27. The van der Waals surface area contributed by atoms with Gasteiger partial charge in [0.05, 0.1) is 4.61 Å². The quantitative estimate of drug-likeness (QED) is 0.450. The minimum Gasteiger partial charge on any atom is -0.250 e. The van der Waals surface area contributed by atoms with E-state index < -0.39 is 0 Å². The summed E-state index contributed by atoms with van der Waals surface area (Å²) in [5, 5.41) is 0. The Hall–Kier alpha value is -0.370. The number of hydrogen-bond acceptors (Lipinski definition) is 1. The molecule has 0 atom stereocenters. The predicted octanol–water partition coefficient (Wildman–Crippen LogP) is 2.50. The Kier molecular flexibility index (Phi) is 4.56. The molecule has 44 valence electrons. The van der Waals surface area contributed by atoms with Crippen LogP contribution >= 0.6 is 15.9 Å². The molecule has 0 rings (SSSR count). The van der Waals surface area contributed by atoms with E-state index >= 15 is 0 Å². The predicted molar refractivity (Wildman–Crippen MR) is 41.4 cm³/mol. The maximum atomic E-state index is 3.82. The van der Waals surface area contributed by atoms with E-state index in [1.807, 2.05) is 19.1 Å². The summed E-state index contributed by atoms with van der Waals surface area (Å²) in [6.07, 6.45) is 5.42. The van der Waals surface area contributed by atoms with Crippen molar-refractivity contribution >= 4 is 22.1 Å². The molecule has 0 amide bonds. The SMILES string of the molecule is C=C(Br)N=C/C=C\C. The van der Waals surface area contributed by atoms with Gasteiger partial charge in [-0.15, -0.1) is 0 Å². The van der Waals surface area contributed by atoms with Crippen LogP contribution in [0.2, 0.25) is 0 Å². The molecule has 0 spiro atoms. The van der Waals surface area contributed by atoms with E-state index in [1.54, 1.807) is 6.21 Å². The van der Waals surface area contributed by atoms with Gasteiger partial charge in [0.1, 0.15) is 0 Å². The summed E-state index contributed by atoms with van der Waals surface area (Å²) in [6.45, 7) is 5.45. The highest BCUT2D eigenvalue weighted by Crippen LogP contribution is 1.99. The maximum Gasteiger partial charge on any atom is 0.0984 e. The molecule has 0 N–H and O–H groups in total. The Morgan fingerprint density at radius 1 is 1.75 bits per heavy atom. The number of aliphatic imine (C=N–C) groups is 1. The van der Waals surface area contributed by atoms with E-state index in [4.69, 9.17) is 0 Å². The van der Waals surface area contributed by atoms with E-state index in [2.05, 4.69) is 27.5 Å². The lowest BCUT2D eigenvalue weighted by Gasteiger charge is -1.76. The third-order valence-corrected chi connectivity index (χ3v) is 0.698. The molecule has 0 heterocycles. The van der Waals surface area contributed by atoms with Gasteiger partial charge in [-0.05, 0) is 28.9 Å². The number of allylic oxidation sites excluding steroid dienone is 2. The van der Waals surface area contributed by atoms with Crippen molar-refractivity contribution in [3.63, 3.8) is 0 Å². The van der Waals surface area contributed by atoms with Crippen LogP contribution in [0, 0.1) is 0 Å². The largest absolute Gasteiger partial charge is 0.250 e. The van der Waals surface area contributed by atoms with Crippen LogP contribution in [0.4, 0.5) is 0 Å². The molecule has 8 heavy (non-hydrogen) atoms. The molecule has 0 radical (unpaired) electrons. The van der Waals surface area contributed by atoms with Crippen LogP contribution < -0.4 is 0 Å². The van der Waals surface area contributed by atoms with Crippen LogP contribution in [0.5, 0.6) is 0 Å². The summed E-state index contributed by atoms with van der Waals surface area (Å²) >= 11 is 3.08. The lowest BCUT2D eigenvalue weighted by atomic mass is 10.6. The van der Waals surface area contributed by atoms with Crippen molar-refractivity contribution in [1.29, 1.82) is 0 Å². The van der Waals surface area contributed by atoms with Gasteiger partial charge in [-0.2, -0.15) is 0 Å². The molecule has 0 saturated heterocycles. The maximum absolute atomic E-state index is 3.82. The Morgan fingerprint density at radius 2 is 2.38 bits per heavy atom. The fourth-order valence-electron chi connectivity index (χ4n) is 0.210. The van der Waals surface area contributed by atoms with Crippen molar-refractivity contribution in [3.8, 4) is 0 Å². The standard InChI is InChI=1S/C6H8BrN/c1-3-4-5-8-6(2)7/h3-5H,2H2,1H3/b4-3-,8-5?. The zero-order valence-electron chi connectivity index (χ0n) is 4.76. The molecular formula is C6H8BrN.